The van der Waals surface area contributed by atoms with Gasteiger partial charge in [-0.25, -0.2) is 17.9 Å². The van der Waals surface area contributed by atoms with Crippen molar-refractivity contribution in [3.8, 4) is 11.4 Å². The molecule has 1 N–H and O–H groups in total. The molecule has 0 radical (unpaired) electrons. The van der Waals surface area contributed by atoms with Gasteiger partial charge in [0.15, 0.2) is 0 Å². The van der Waals surface area contributed by atoms with Crippen LogP contribution in [0.1, 0.15) is 38.5 Å². The average Bonchev–Trinajstić information content (AvgIpc) is 3.39. The number of hydrogen-bond donors (Lipinski definition) is 1. The van der Waals surface area contributed by atoms with Crippen LogP contribution < -0.4 is 9.62 Å². The summed E-state index contributed by atoms with van der Waals surface area (Å²) in [5, 5.41) is 3.91. The van der Waals surface area contributed by atoms with E-state index in [-0.39, 0.29) is 24.0 Å². The van der Waals surface area contributed by atoms with E-state index in [2.05, 4.69) is 19.8 Å². The van der Waals surface area contributed by atoms with Gasteiger partial charge in [-0.2, -0.15) is 4.98 Å². The molecule has 2 fully saturated rings. The highest BCUT2D eigenvalue weighted by Crippen LogP contribution is 2.26. The summed E-state index contributed by atoms with van der Waals surface area (Å²) in [7, 11) is -3.21. The molecule has 3 heterocycles. The molecular formula is C22H31N5O5S. The van der Waals surface area contributed by atoms with E-state index in [1.807, 2.05) is 31.2 Å². The Kier molecular flexibility index (Phi) is 7.30. The molecule has 1 aromatic carbocycles. The summed E-state index contributed by atoms with van der Waals surface area (Å²) in [6.45, 7) is 6.37. The number of carbonyl (C=O) groups is 1. The number of nitrogens with zero attached hydrogens (tertiary/aromatic N) is 4. The molecule has 2 saturated heterocycles. The second-order valence-corrected chi connectivity index (χ2v) is 10.5. The molecule has 0 bridgehead atoms. The number of rotatable bonds is 9. The Labute approximate surface area is 194 Å². The maximum atomic E-state index is 12.4. The van der Waals surface area contributed by atoms with Gasteiger partial charge in [-0.3, -0.25) is 9.80 Å². The van der Waals surface area contributed by atoms with E-state index in [9.17, 15) is 13.2 Å². The molecule has 11 heteroatoms. The smallest absolute Gasteiger partial charge is 0.414 e. The van der Waals surface area contributed by atoms with Crippen LogP contribution in [-0.4, -0.2) is 73.6 Å². The van der Waals surface area contributed by atoms with Gasteiger partial charge in [0.25, 0.3) is 0 Å². The highest BCUT2D eigenvalue weighted by atomic mass is 32.2. The van der Waals surface area contributed by atoms with Crippen LogP contribution in [0.5, 0.6) is 0 Å². The lowest BCUT2D eigenvalue weighted by molar-refractivity contribution is 0.0968. The zero-order valence-electron chi connectivity index (χ0n) is 19.1. The molecule has 33 heavy (non-hydrogen) atoms. The minimum Gasteiger partial charge on any atom is -0.443 e. The number of nitrogens with one attached hydrogen (secondary N) is 1. The lowest BCUT2D eigenvalue weighted by atomic mass is 10.1. The van der Waals surface area contributed by atoms with Crippen molar-refractivity contribution in [2.75, 3.05) is 36.8 Å². The summed E-state index contributed by atoms with van der Waals surface area (Å²) < 4.78 is 37.7. The van der Waals surface area contributed by atoms with Crippen molar-refractivity contribution in [3.05, 3.63) is 30.2 Å². The number of unbranched alkanes of at least 4 members (excludes halogenated alkanes) is 1. The molecule has 4 rings (SSSR count). The van der Waals surface area contributed by atoms with Crippen molar-refractivity contribution in [1.29, 1.82) is 0 Å². The second-order valence-electron chi connectivity index (χ2n) is 8.67. The van der Waals surface area contributed by atoms with Crippen LogP contribution in [0.3, 0.4) is 0 Å². The molecule has 0 aliphatic carbocycles. The topological polar surface area (TPSA) is 118 Å². The van der Waals surface area contributed by atoms with Gasteiger partial charge in [0.05, 0.1) is 12.3 Å². The lowest BCUT2D eigenvalue weighted by Crippen LogP contribution is -2.47. The number of carbonyl (C=O) groups excluding carboxylic acids is 1. The van der Waals surface area contributed by atoms with Crippen LogP contribution in [0, 0.1) is 6.92 Å². The van der Waals surface area contributed by atoms with E-state index in [1.165, 1.54) is 0 Å². The van der Waals surface area contributed by atoms with Crippen LogP contribution in [0.2, 0.25) is 0 Å². The number of piperidine rings is 1. The number of anilines is 1. The van der Waals surface area contributed by atoms with Crippen molar-refractivity contribution in [2.45, 2.75) is 51.7 Å². The molecule has 1 unspecified atom stereocenters. The average molecular weight is 478 g/mol. The first-order valence-corrected chi connectivity index (χ1v) is 13.1. The van der Waals surface area contributed by atoms with Gasteiger partial charge in [-0.1, -0.05) is 18.5 Å². The predicted octanol–water partition coefficient (Wildman–Crippen LogP) is 2.55. The summed E-state index contributed by atoms with van der Waals surface area (Å²) in [5.74, 6) is 1.20. The zero-order valence-corrected chi connectivity index (χ0v) is 19.9. The number of aryl methyl sites for hydroxylation is 1. The van der Waals surface area contributed by atoms with Gasteiger partial charge in [-0.05, 0) is 56.6 Å². The van der Waals surface area contributed by atoms with Crippen molar-refractivity contribution < 1.29 is 22.5 Å². The maximum Gasteiger partial charge on any atom is 0.414 e. The maximum absolute atomic E-state index is 12.4. The van der Waals surface area contributed by atoms with Crippen molar-refractivity contribution in [1.82, 2.24) is 19.8 Å². The summed E-state index contributed by atoms with van der Waals surface area (Å²) in [6, 6.07) is 7.38. The first-order chi connectivity index (χ1) is 15.8. The van der Waals surface area contributed by atoms with Crippen LogP contribution in [0.15, 0.2) is 28.8 Å². The highest BCUT2D eigenvalue weighted by molar-refractivity contribution is 7.89. The number of likely N-dealkylation sites (tertiary alicyclic amines) is 1. The molecule has 0 saturated carbocycles. The number of aromatic nitrogens is 2. The fourth-order valence-corrected chi connectivity index (χ4v) is 5.73. The first-order valence-electron chi connectivity index (χ1n) is 11.4. The molecular weight excluding hydrogens is 446 g/mol. The SMILES string of the molecule is CCCCS(=O)(=O)NC1CCN(CC2CN(c3ccc(-c4noc(C)n4)cc3)C(=O)O2)CC1. The predicted molar refractivity (Wildman–Crippen MR) is 123 cm³/mol. The third-order valence-electron chi connectivity index (χ3n) is 6.00. The fourth-order valence-electron chi connectivity index (χ4n) is 4.20. The van der Waals surface area contributed by atoms with E-state index in [4.69, 9.17) is 9.26 Å². The Balaban J connectivity index is 1.26. The normalized spacial score (nSPS) is 20.4. The van der Waals surface area contributed by atoms with Gasteiger partial charge < -0.3 is 9.26 Å². The number of benzene rings is 1. The number of ether oxygens (including phenoxy) is 1. The number of sulfonamides is 1. The van der Waals surface area contributed by atoms with Gasteiger partial charge in [0, 0.05) is 30.8 Å². The number of hydrogen-bond acceptors (Lipinski definition) is 8. The Morgan fingerprint density at radius 2 is 1.91 bits per heavy atom. The van der Waals surface area contributed by atoms with E-state index >= 15 is 0 Å². The largest absolute Gasteiger partial charge is 0.443 e. The van der Waals surface area contributed by atoms with E-state index in [0.29, 0.717) is 31.2 Å². The van der Waals surface area contributed by atoms with Gasteiger partial charge in [-0.15, -0.1) is 0 Å². The zero-order chi connectivity index (χ0) is 23.4. The van der Waals surface area contributed by atoms with Gasteiger partial charge >= 0.3 is 6.09 Å². The van der Waals surface area contributed by atoms with E-state index < -0.39 is 10.0 Å². The van der Waals surface area contributed by atoms with E-state index in [1.54, 1.807) is 11.8 Å². The number of amides is 1. The Morgan fingerprint density at radius 1 is 1.18 bits per heavy atom. The molecule has 180 valence electrons. The lowest BCUT2D eigenvalue weighted by Gasteiger charge is -2.33. The summed E-state index contributed by atoms with van der Waals surface area (Å²) in [4.78, 5) is 20.5. The summed E-state index contributed by atoms with van der Waals surface area (Å²) in [6.07, 6.45) is 2.46. The van der Waals surface area contributed by atoms with Gasteiger partial charge in [0.1, 0.15) is 6.10 Å². The molecule has 2 aromatic rings. The van der Waals surface area contributed by atoms with Crippen LogP contribution in [0.25, 0.3) is 11.4 Å². The third-order valence-corrected chi connectivity index (χ3v) is 7.52. The standard InChI is InChI=1S/C22H31N5O5S/c1-3-4-13-33(29,30)25-18-9-11-26(12-10-18)14-20-15-27(22(28)31-20)19-7-5-17(6-8-19)21-23-16(2)32-24-21/h5-8,18,20,25H,3-4,9-15H2,1-2H3. The molecule has 1 amide bonds. The molecule has 0 spiro atoms. The quantitative estimate of drug-likeness (QED) is 0.585. The van der Waals surface area contributed by atoms with Crippen molar-refractivity contribution in [2.24, 2.45) is 0 Å². The molecule has 1 aromatic heterocycles. The van der Waals surface area contributed by atoms with Gasteiger partial charge in [0.2, 0.25) is 21.7 Å². The monoisotopic (exact) mass is 477 g/mol. The van der Waals surface area contributed by atoms with Crippen molar-refractivity contribution in [3.63, 3.8) is 0 Å². The Morgan fingerprint density at radius 3 is 2.55 bits per heavy atom. The minimum absolute atomic E-state index is 0.0211. The Hall–Kier alpha value is -2.50. The first kappa shape index (κ1) is 23.7. The van der Waals surface area contributed by atoms with Crippen LogP contribution in [-0.2, 0) is 14.8 Å². The molecule has 10 nitrogen and oxygen atoms in total. The third kappa shape index (κ3) is 6.10. The molecule has 2 aliphatic heterocycles. The summed E-state index contributed by atoms with van der Waals surface area (Å²) >= 11 is 0. The molecule has 2 aliphatic rings. The second kappa shape index (κ2) is 10.2. The number of cyclic esters (lactones) is 1. The van der Waals surface area contributed by atoms with E-state index in [0.717, 1.165) is 43.6 Å². The fraction of sp³-hybridized carbons (Fsp3) is 0.591. The Bertz CT molecular complexity index is 1050. The minimum atomic E-state index is -3.21. The highest BCUT2D eigenvalue weighted by Gasteiger charge is 2.34. The summed E-state index contributed by atoms with van der Waals surface area (Å²) in [5.41, 5.74) is 1.57. The van der Waals surface area contributed by atoms with Crippen LogP contribution >= 0.6 is 0 Å². The van der Waals surface area contributed by atoms with Crippen LogP contribution in [0.4, 0.5) is 10.5 Å². The molecule has 1 atom stereocenters. The van der Waals surface area contributed by atoms with Crippen molar-refractivity contribution >= 4 is 21.8 Å².